The number of rotatable bonds is 6. The van der Waals surface area contributed by atoms with Crippen molar-refractivity contribution in [3.63, 3.8) is 0 Å². The topological polar surface area (TPSA) is 106 Å². The molecular formula is C24H29N3O6. The van der Waals surface area contributed by atoms with E-state index in [0.717, 1.165) is 5.56 Å². The predicted molar refractivity (Wildman–Crippen MR) is 123 cm³/mol. The Morgan fingerprint density at radius 2 is 1.76 bits per heavy atom. The number of amides is 3. The van der Waals surface area contributed by atoms with E-state index in [-0.39, 0.29) is 19.8 Å². The van der Waals surface area contributed by atoms with Crippen LogP contribution in [0.25, 0.3) is 0 Å². The lowest BCUT2D eigenvalue weighted by molar-refractivity contribution is -0.117. The second-order valence-electron chi connectivity index (χ2n) is 8.47. The van der Waals surface area contributed by atoms with Crippen molar-refractivity contribution in [1.29, 1.82) is 0 Å². The molecule has 1 unspecified atom stereocenters. The highest BCUT2D eigenvalue weighted by Gasteiger charge is 2.33. The van der Waals surface area contributed by atoms with Crippen molar-refractivity contribution in [2.24, 2.45) is 0 Å². The van der Waals surface area contributed by atoms with Gasteiger partial charge in [0.05, 0.1) is 31.1 Å². The Balaban J connectivity index is 1.62. The highest BCUT2D eigenvalue weighted by Crippen LogP contribution is 2.29. The van der Waals surface area contributed by atoms with E-state index in [1.807, 2.05) is 30.3 Å². The first-order valence-electron chi connectivity index (χ1n) is 10.7. The largest absolute Gasteiger partial charge is 0.447 e. The summed E-state index contributed by atoms with van der Waals surface area (Å²) in [6.45, 7) is 5.71. The number of ether oxygens (including phenoxy) is 3. The van der Waals surface area contributed by atoms with Gasteiger partial charge in [-0.1, -0.05) is 42.5 Å². The van der Waals surface area contributed by atoms with Crippen LogP contribution < -0.4 is 15.5 Å². The van der Waals surface area contributed by atoms with E-state index in [1.54, 1.807) is 45.0 Å². The van der Waals surface area contributed by atoms with Gasteiger partial charge in [0.25, 0.3) is 0 Å². The minimum Gasteiger partial charge on any atom is -0.447 e. The highest BCUT2D eigenvalue weighted by atomic mass is 16.6. The maximum Gasteiger partial charge on any atom is 0.414 e. The molecule has 0 aromatic heterocycles. The molecule has 0 spiro atoms. The van der Waals surface area contributed by atoms with Gasteiger partial charge in [0.2, 0.25) is 5.91 Å². The van der Waals surface area contributed by atoms with Gasteiger partial charge in [-0.25, -0.2) is 9.59 Å². The van der Waals surface area contributed by atoms with Crippen molar-refractivity contribution < 1.29 is 28.6 Å². The fourth-order valence-corrected chi connectivity index (χ4v) is 3.16. The molecule has 1 heterocycles. The Kier molecular flexibility index (Phi) is 7.89. The highest BCUT2D eigenvalue weighted by molar-refractivity contribution is 6.05. The maximum absolute atomic E-state index is 12.9. The minimum atomic E-state index is -1.03. The number of carbonyl (C=O) groups excluding carboxylic acids is 3. The van der Waals surface area contributed by atoms with Gasteiger partial charge < -0.3 is 24.8 Å². The van der Waals surface area contributed by atoms with E-state index in [1.165, 1.54) is 4.90 Å². The Morgan fingerprint density at radius 1 is 1.06 bits per heavy atom. The molecule has 9 heteroatoms. The quantitative estimate of drug-likeness (QED) is 0.644. The minimum absolute atomic E-state index is 0.0376. The fraction of sp³-hybridized carbons (Fsp3) is 0.375. The number of hydrogen-bond acceptors (Lipinski definition) is 6. The molecule has 3 amide bonds. The zero-order chi connectivity index (χ0) is 23.8. The SMILES string of the molecule is CC(C)(C)OC(=O)NC1CN(C(=O)OCCOCc2ccccc2)c2ccccc2NC1=O. The third-order valence-electron chi connectivity index (χ3n) is 4.61. The van der Waals surface area contributed by atoms with Gasteiger partial charge in [-0.3, -0.25) is 9.69 Å². The first-order valence-corrected chi connectivity index (χ1v) is 10.7. The zero-order valence-corrected chi connectivity index (χ0v) is 19.0. The van der Waals surface area contributed by atoms with Crippen LogP contribution in [0.4, 0.5) is 21.0 Å². The van der Waals surface area contributed by atoms with Gasteiger partial charge >= 0.3 is 12.2 Å². The monoisotopic (exact) mass is 455 g/mol. The predicted octanol–water partition coefficient (Wildman–Crippen LogP) is 3.69. The van der Waals surface area contributed by atoms with Gasteiger partial charge in [-0.05, 0) is 38.5 Å². The van der Waals surface area contributed by atoms with Crippen LogP contribution in [-0.4, -0.2) is 49.5 Å². The standard InChI is InChI=1S/C24H29N3O6/c1-24(2,3)33-22(29)26-19-15-27(20-12-8-7-11-18(20)25-21(19)28)23(30)32-14-13-31-16-17-9-5-4-6-10-17/h4-12,19H,13-16H2,1-3H3,(H,25,28)(H,26,29). The summed E-state index contributed by atoms with van der Waals surface area (Å²) in [5.41, 5.74) is 1.20. The fourth-order valence-electron chi connectivity index (χ4n) is 3.16. The van der Waals surface area contributed by atoms with Crippen LogP contribution in [-0.2, 0) is 25.6 Å². The van der Waals surface area contributed by atoms with Crippen LogP contribution in [0.2, 0.25) is 0 Å². The molecule has 1 atom stereocenters. The molecule has 0 saturated carbocycles. The molecule has 0 bridgehead atoms. The van der Waals surface area contributed by atoms with Crippen LogP contribution in [0, 0.1) is 0 Å². The summed E-state index contributed by atoms with van der Waals surface area (Å²) in [4.78, 5) is 39.1. The summed E-state index contributed by atoms with van der Waals surface area (Å²) in [6, 6.07) is 15.5. The molecule has 3 rings (SSSR count). The Hall–Kier alpha value is -3.59. The summed E-state index contributed by atoms with van der Waals surface area (Å²) in [6.07, 6.45) is -1.41. The molecule has 0 fully saturated rings. The first kappa shape index (κ1) is 24.1. The molecule has 2 aromatic rings. The molecule has 0 aliphatic carbocycles. The van der Waals surface area contributed by atoms with Crippen molar-refractivity contribution >= 4 is 29.5 Å². The summed E-state index contributed by atoms with van der Waals surface area (Å²) >= 11 is 0. The normalized spacial score (nSPS) is 15.7. The third kappa shape index (κ3) is 7.21. The molecule has 0 saturated heterocycles. The van der Waals surface area contributed by atoms with E-state index in [4.69, 9.17) is 14.2 Å². The first-order chi connectivity index (χ1) is 15.7. The number of alkyl carbamates (subject to hydrolysis) is 1. The smallest absolute Gasteiger partial charge is 0.414 e. The molecule has 2 N–H and O–H groups in total. The summed E-state index contributed by atoms with van der Waals surface area (Å²) < 4.78 is 16.2. The second kappa shape index (κ2) is 10.8. The number of hydrogen-bond donors (Lipinski definition) is 2. The molecule has 1 aliphatic rings. The lowest BCUT2D eigenvalue weighted by Gasteiger charge is -2.25. The molecular weight excluding hydrogens is 426 g/mol. The summed E-state index contributed by atoms with van der Waals surface area (Å²) in [7, 11) is 0. The van der Waals surface area contributed by atoms with Gasteiger partial charge in [0.15, 0.2) is 0 Å². The number of nitrogens with one attached hydrogen (secondary N) is 2. The van der Waals surface area contributed by atoms with Crippen LogP contribution in [0.1, 0.15) is 26.3 Å². The van der Waals surface area contributed by atoms with Gasteiger partial charge in [-0.2, -0.15) is 0 Å². The molecule has 1 aliphatic heterocycles. The number of benzene rings is 2. The lowest BCUT2D eigenvalue weighted by Crippen LogP contribution is -2.51. The van der Waals surface area contributed by atoms with E-state index in [0.29, 0.717) is 18.0 Å². The third-order valence-corrected chi connectivity index (χ3v) is 4.61. The van der Waals surface area contributed by atoms with Crippen LogP contribution >= 0.6 is 0 Å². The number of anilines is 2. The van der Waals surface area contributed by atoms with Crippen molar-refractivity contribution in [2.75, 3.05) is 30.0 Å². The molecule has 2 aromatic carbocycles. The Morgan fingerprint density at radius 3 is 2.48 bits per heavy atom. The number of para-hydroxylation sites is 2. The molecule has 0 radical (unpaired) electrons. The van der Waals surface area contributed by atoms with Gasteiger partial charge in [0, 0.05) is 0 Å². The van der Waals surface area contributed by atoms with E-state index in [9.17, 15) is 14.4 Å². The number of carbonyl (C=O) groups is 3. The average Bonchev–Trinajstić information content (AvgIpc) is 2.89. The lowest BCUT2D eigenvalue weighted by atomic mass is 10.2. The second-order valence-corrected chi connectivity index (χ2v) is 8.47. The van der Waals surface area contributed by atoms with Gasteiger partial charge in [0.1, 0.15) is 18.2 Å². The van der Waals surface area contributed by atoms with Crippen molar-refractivity contribution in [3.05, 3.63) is 60.2 Å². The van der Waals surface area contributed by atoms with Gasteiger partial charge in [-0.15, -0.1) is 0 Å². The van der Waals surface area contributed by atoms with E-state index < -0.39 is 29.7 Å². The Labute approximate surface area is 193 Å². The average molecular weight is 456 g/mol. The molecule has 9 nitrogen and oxygen atoms in total. The van der Waals surface area contributed by atoms with Crippen LogP contribution in [0.5, 0.6) is 0 Å². The van der Waals surface area contributed by atoms with E-state index in [2.05, 4.69) is 10.6 Å². The number of nitrogens with zero attached hydrogens (tertiary/aromatic N) is 1. The van der Waals surface area contributed by atoms with Crippen molar-refractivity contribution in [1.82, 2.24) is 5.32 Å². The molecule has 176 valence electrons. The van der Waals surface area contributed by atoms with Crippen molar-refractivity contribution in [2.45, 2.75) is 39.0 Å². The maximum atomic E-state index is 12.9. The van der Waals surface area contributed by atoms with Crippen LogP contribution in [0.3, 0.4) is 0 Å². The summed E-state index contributed by atoms with van der Waals surface area (Å²) in [5.74, 6) is -0.463. The van der Waals surface area contributed by atoms with Crippen molar-refractivity contribution in [3.8, 4) is 0 Å². The Bertz CT molecular complexity index is 974. The number of fused-ring (bicyclic) bond motifs is 1. The molecule has 33 heavy (non-hydrogen) atoms. The summed E-state index contributed by atoms with van der Waals surface area (Å²) in [5, 5.41) is 5.27. The van der Waals surface area contributed by atoms with Crippen LogP contribution in [0.15, 0.2) is 54.6 Å². The van der Waals surface area contributed by atoms with E-state index >= 15 is 0 Å². The zero-order valence-electron chi connectivity index (χ0n) is 19.0.